The van der Waals surface area contributed by atoms with Crippen molar-refractivity contribution in [2.45, 2.75) is 9.79 Å². The van der Waals surface area contributed by atoms with E-state index in [0.717, 1.165) is 5.56 Å². The molecule has 0 spiro atoms. The first kappa shape index (κ1) is 16.2. The number of hydrogen-bond acceptors (Lipinski definition) is 6. The van der Waals surface area contributed by atoms with Crippen LogP contribution in [0.3, 0.4) is 0 Å². The molecule has 130 valence electrons. The van der Waals surface area contributed by atoms with Gasteiger partial charge in [0.1, 0.15) is 0 Å². The zero-order valence-corrected chi connectivity index (χ0v) is 14.7. The summed E-state index contributed by atoms with van der Waals surface area (Å²) in [6, 6.07) is 13.7. The lowest BCUT2D eigenvalue weighted by Crippen LogP contribution is -2.05. The second-order valence-corrected chi connectivity index (χ2v) is 7.45. The van der Waals surface area contributed by atoms with E-state index in [-0.39, 0.29) is 21.3 Å². The summed E-state index contributed by atoms with van der Waals surface area (Å²) < 4.78 is 27.8. The number of aromatic nitrogens is 4. The lowest BCUT2D eigenvalue weighted by molar-refractivity contribution is 0.597. The maximum absolute atomic E-state index is 13.2. The van der Waals surface area contributed by atoms with Crippen molar-refractivity contribution < 1.29 is 8.42 Å². The average Bonchev–Trinajstić information content (AvgIpc) is 3.08. The molecule has 0 bridgehead atoms. The quantitative estimate of drug-likeness (QED) is 0.598. The average molecular weight is 365 g/mol. The first-order valence-electron chi connectivity index (χ1n) is 7.89. The lowest BCUT2D eigenvalue weighted by Gasteiger charge is -2.05. The summed E-state index contributed by atoms with van der Waals surface area (Å²) in [6.07, 6.45) is 5.04. The molecule has 0 aliphatic rings. The van der Waals surface area contributed by atoms with Gasteiger partial charge in [-0.3, -0.25) is 4.98 Å². The van der Waals surface area contributed by atoms with Crippen molar-refractivity contribution in [3.63, 3.8) is 0 Å². The zero-order valence-electron chi connectivity index (χ0n) is 13.9. The van der Waals surface area contributed by atoms with Crippen molar-refractivity contribution in [1.29, 1.82) is 0 Å². The summed E-state index contributed by atoms with van der Waals surface area (Å²) in [7, 11) is -2.16. The number of pyridine rings is 1. The van der Waals surface area contributed by atoms with Gasteiger partial charge in [0.15, 0.2) is 16.4 Å². The first-order chi connectivity index (χ1) is 12.6. The van der Waals surface area contributed by atoms with Gasteiger partial charge >= 0.3 is 0 Å². The fourth-order valence-electron chi connectivity index (χ4n) is 2.71. The van der Waals surface area contributed by atoms with Crippen LogP contribution in [0.5, 0.6) is 0 Å². The van der Waals surface area contributed by atoms with E-state index in [0.29, 0.717) is 5.69 Å². The van der Waals surface area contributed by atoms with E-state index in [4.69, 9.17) is 0 Å². The summed E-state index contributed by atoms with van der Waals surface area (Å²) in [5.74, 6) is 0.254. The molecule has 1 N–H and O–H groups in total. The van der Waals surface area contributed by atoms with Crippen molar-refractivity contribution >= 4 is 21.3 Å². The van der Waals surface area contributed by atoms with Crippen LogP contribution in [0.1, 0.15) is 0 Å². The summed E-state index contributed by atoms with van der Waals surface area (Å²) >= 11 is 0. The van der Waals surface area contributed by atoms with Crippen molar-refractivity contribution in [1.82, 2.24) is 19.6 Å². The van der Waals surface area contributed by atoms with Gasteiger partial charge in [-0.05, 0) is 30.3 Å². The molecule has 4 rings (SSSR count). The van der Waals surface area contributed by atoms with Crippen molar-refractivity contribution in [3.8, 4) is 11.3 Å². The number of benzene rings is 1. The smallest absolute Gasteiger partial charge is 0.214 e. The molecule has 0 fully saturated rings. The maximum atomic E-state index is 13.2. The van der Waals surface area contributed by atoms with Gasteiger partial charge < -0.3 is 5.32 Å². The Morgan fingerprint density at radius 3 is 2.54 bits per heavy atom. The van der Waals surface area contributed by atoms with E-state index >= 15 is 0 Å². The van der Waals surface area contributed by atoms with Crippen LogP contribution in [0.15, 0.2) is 76.9 Å². The van der Waals surface area contributed by atoms with Crippen LogP contribution in [0.25, 0.3) is 16.9 Å². The molecule has 0 aliphatic carbocycles. The minimum Gasteiger partial charge on any atom is -0.370 e. The van der Waals surface area contributed by atoms with Crippen molar-refractivity contribution in [2.24, 2.45) is 0 Å². The summed E-state index contributed by atoms with van der Waals surface area (Å²) in [4.78, 5) is 8.88. The second kappa shape index (κ2) is 6.23. The normalized spacial score (nSPS) is 11.6. The lowest BCUT2D eigenvalue weighted by atomic mass is 10.2. The van der Waals surface area contributed by atoms with Gasteiger partial charge in [-0.2, -0.15) is 0 Å². The predicted molar refractivity (Wildman–Crippen MR) is 97.7 cm³/mol. The topological polar surface area (TPSA) is 89.2 Å². The first-order valence-corrected chi connectivity index (χ1v) is 9.37. The third-order valence-corrected chi connectivity index (χ3v) is 5.77. The predicted octanol–water partition coefficient (Wildman–Crippen LogP) is 2.67. The number of nitrogens with zero attached hydrogens (tertiary/aromatic N) is 4. The molecule has 8 heteroatoms. The zero-order chi connectivity index (χ0) is 18.1. The Labute approximate surface area is 150 Å². The SMILES string of the molecule is CNc1nn2ccc(-c3cccnc3)nc2c1S(=O)(=O)c1ccccc1. The fourth-order valence-corrected chi connectivity index (χ4v) is 4.24. The van der Waals surface area contributed by atoms with Gasteiger partial charge in [0.2, 0.25) is 9.84 Å². The van der Waals surface area contributed by atoms with Gasteiger partial charge in [-0.1, -0.05) is 18.2 Å². The molecule has 1 aromatic carbocycles. The molecule has 0 amide bonds. The Hall–Kier alpha value is -3.26. The largest absolute Gasteiger partial charge is 0.370 e. The van der Waals surface area contributed by atoms with Crippen molar-refractivity contribution in [3.05, 3.63) is 67.1 Å². The number of anilines is 1. The molecule has 3 aromatic heterocycles. The molecular formula is C18H15N5O2S. The Morgan fingerprint density at radius 1 is 1.04 bits per heavy atom. The highest BCUT2D eigenvalue weighted by Gasteiger charge is 2.28. The maximum Gasteiger partial charge on any atom is 0.214 e. The number of fused-ring (bicyclic) bond motifs is 1. The van der Waals surface area contributed by atoms with E-state index < -0.39 is 9.84 Å². The standard InChI is InChI=1S/C18H15N5O2S/c1-19-17-16(26(24,25)14-7-3-2-4-8-14)18-21-15(9-11-23(18)22-17)13-6-5-10-20-12-13/h2-12H,1H3,(H,19,22). The Kier molecular flexibility index (Phi) is 3.89. The molecular weight excluding hydrogens is 350 g/mol. The van der Waals surface area contributed by atoms with E-state index in [9.17, 15) is 8.42 Å². The Bertz CT molecular complexity index is 1170. The molecule has 3 heterocycles. The number of sulfone groups is 1. The van der Waals surface area contributed by atoms with Crippen LogP contribution >= 0.6 is 0 Å². The van der Waals surface area contributed by atoms with Gasteiger partial charge in [0, 0.05) is 31.2 Å². The minimum absolute atomic E-state index is 0.0527. The molecule has 0 saturated heterocycles. The third kappa shape index (κ3) is 2.60. The molecule has 0 aliphatic heterocycles. The van der Waals surface area contributed by atoms with Crippen molar-refractivity contribution in [2.75, 3.05) is 12.4 Å². The summed E-state index contributed by atoms with van der Waals surface area (Å²) in [5.41, 5.74) is 1.68. The van der Waals surface area contributed by atoms with Crippen LogP contribution in [-0.2, 0) is 9.84 Å². The summed E-state index contributed by atoms with van der Waals surface area (Å²) in [6.45, 7) is 0. The van der Waals surface area contributed by atoms with E-state index in [1.807, 2.05) is 6.07 Å². The molecule has 0 radical (unpaired) electrons. The van der Waals surface area contributed by atoms with Gasteiger partial charge in [0.05, 0.1) is 10.6 Å². The third-order valence-electron chi connectivity index (χ3n) is 3.96. The highest BCUT2D eigenvalue weighted by atomic mass is 32.2. The Balaban J connectivity index is 1.99. The molecule has 4 aromatic rings. The minimum atomic E-state index is -3.79. The van der Waals surface area contributed by atoms with E-state index in [2.05, 4.69) is 20.4 Å². The highest BCUT2D eigenvalue weighted by molar-refractivity contribution is 7.91. The summed E-state index contributed by atoms with van der Waals surface area (Å²) in [5, 5.41) is 7.16. The molecule has 0 saturated carbocycles. The van der Waals surface area contributed by atoms with Gasteiger partial charge in [-0.15, -0.1) is 5.10 Å². The van der Waals surface area contributed by atoms with E-state index in [1.165, 1.54) is 4.52 Å². The monoisotopic (exact) mass is 365 g/mol. The van der Waals surface area contributed by atoms with Gasteiger partial charge in [-0.25, -0.2) is 17.9 Å². The highest BCUT2D eigenvalue weighted by Crippen LogP contribution is 2.31. The van der Waals surface area contributed by atoms with E-state index in [1.54, 1.807) is 68.1 Å². The van der Waals surface area contributed by atoms with Crippen LogP contribution in [0, 0.1) is 0 Å². The molecule has 0 unspecified atom stereocenters. The van der Waals surface area contributed by atoms with Crippen LogP contribution in [0.2, 0.25) is 0 Å². The molecule has 7 nitrogen and oxygen atoms in total. The van der Waals surface area contributed by atoms with Gasteiger partial charge in [0.25, 0.3) is 0 Å². The number of hydrogen-bond donors (Lipinski definition) is 1. The number of rotatable bonds is 4. The van der Waals surface area contributed by atoms with Crippen LogP contribution in [-0.4, -0.2) is 35.0 Å². The fraction of sp³-hybridized carbons (Fsp3) is 0.0556. The Morgan fingerprint density at radius 2 is 1.85 bits per heavy atom. The molecule has 26 heavy (non-hydrogen) atoms. The van der Waals surface area contributed by atoms with Crippen LogP contribution < -0.4 is 5.32 Å². The molecule has 0 atom stereocenters. The number of nitrogens with one attached hydrogen (secondary N) is 1. The second-order valence-electron chi connectivity index (χ2n) is 5.57. The van der Waals surface area contributed by atoms with Crippen LogP contribution in [0.4, 0.5) is 5.82 Å².